The van der Waals surface area contributed by atoms with Crippen LogP contribution in [0, 0.1) is 0 Å². The molecule has 0 fully saturated rings. The number of benzene rings is 2. The van der Waals surface area contributed by atoms with E-state index in [-0.39, 0.29) is 5.91 Å². The number of hydrogen-bond acceptors (Lipinski definition) is 4. The Hall–Kier alpha value is -2.63. The number of carbonyl (C=O) groups is 1. The summed E-state index contributed by atoms with van der Waals surface area (Å²) in [7, 11) is 0. The van der Waals surface area contributed by atoms with Crippen LogP contribution >= 0.6 is 23.2 Å². The van der Waals surface area contributed by atoms with Gasteiger partial charge in [-0.3, -0.25) is 19.7 Å². The molecule has 0 bridgehead atoms. The summed E-state index contributed by atoms with van der Waals surface area (Å²) in [6, 6.07) is 14.5. The van der Waals surface area contributed by atoms with Crippen molar-refractivity contribution < 1.29 is 4.79 Å². The van der Waals surface area contributed by atoms with Gasteiger partial charge < -0.3 is 5.32 Å². The van der Waals surface area contributed by atoms with Crippen molar-refractivity contribution >= 4 is 51.7 Å². The Morgan fingerprint density at radius 3 is 2.62 bits per heavy atom. The number of anilines is 1. The average molecular weight is 385 g/mol. The number of guanidine groups is 1. The van der Waals surface area contributed by atoms with E-state index in [9.17, 15) is 4.79 Å². The molecule has 0 unspecified atom stereocenters. The summed E-state index contributed by atoms with van der Waals surface area (Å²) in [4.78, 5) is 23.4. The summed E-state index contributed by atoms with van der Waals surface area (Å²) in [5, 5.41) is 4.84. The van der Waals surface area contributed by atoms with Crippen molar-refractivity contribution in [3.8, 4) is 0 Å². The van der Waals surface area contributed by atoms with Crippen LogP contribution in [0.3, 0.4) is 0 Å². The van der Waals surface area contributed by atoms with Gasteiger partial charge >= 0.3 is 0 Å². The van der Waals surface area contributed by atoms with E-state index in [1.165, 1.54) is 0 Å². The molecule has 4 rings (SSSR count). The second-order valence-corrected chi connectivity index (χ2v) is 6.57. The number of aromatic nitrogens is 1. The van der Waals surface area contributed by atoms with Crippen LogP contribution in [0.2, 0.25) is 10.0 Å². The summed E-state index contributed by atoms with van der Waals surface area (Å²) < 4.78 is 0. The number of pyridine rings is 1. The van der Waals surface area contributed by atoms with Crippen LogP contribution in [-0.2, 0) is 0 Å². The zero-order chi connectivity index (χ0) is 18.1. The summed E-state index contributed by atoms with van der Waals surface area (Å²) in [5.74, 6) is 0.293. The quantitative estimate of drug-likeness (QED) is 0.709. The van der Waals surface area contributed by atoms with Crippen molar-refractivity contribution in [2.24, 2.45) is 4.99 Å². The minimum atomic E-state index is -0.143. The second-order valence-electron chi connectivity index (χ2n) is 5.76. The van der Waals surface area contributed by atoms with Gasteiger partial charge in [-0.25, -0.2) is 0 Å². The Balaban J connectivity index is 1.67. The van der Waals surface area contributed by atoms with Gasteiger partial charge in [-0.2, -0.15) is 0 Å². The number of aliphatic imine (C=N–C) groups is 1. The number of rotatable bonds is 2. The molecule has 1 aliphatic rings. The molecule has 1 aliphatic heterocycles. The third-order valence-corrected chi connectivity index (χ3v) is 4.79. The average Bonchev–Trinajstić information content (AvgIpc) is 3.12. The van der Waals surface area contributed by atoms with Crippen LogP contribution in [0.15, 0.2) is 59.7 Å². The lowest BCUT2D eigenvalue weighted by molar-refractivity contribution is 0.0859. The molecular formula is C19H14Cl2N4O. The van der Waals surface area contributed by atoms with Crippen molar-refractivity contribution in [2.75, 3.05) is 18.4 Å². The molecule has 7 heteroatoms. The van der Waals surface area contributed by atoms with E-state index in [0.29, 0.717) is 40.3 Å². The number of nitrogens with zero attached hydrogens (tertiary/aromatic N) is 3. The maximum atomic E-state index is 13.1. The zero-order valence-electron chi connectivity index (χ0n) is 13.6. The van der Waals surface area contributed by atoms with Gasteiger partial charge in [0.15, 0.2) is 0 Å². The summed E-state index contributed by atoms with van der Waals surface area (Å²) >= 11 is 12.4. The monoisotopic (exact) mass is 384 g/mol. The van der Waals surface area contributed by atoms with Crippen LogP contribution in [0.1, 0.15) is 10.4 Å². The predicted octanol–water partition coefficient (Wildman–Crippen LogP) is 4.47. The molecule has 1 N–H and O–H groups in total. The lowest BCUT2D eigenvalue weighted by Gasteiger charge is -2.21. The van der Waals surface area contributed by atoms with Crippen LogP contribution in [0.4, 0.5) is 5.69 Å². The first kappa shape index (κ1) is 16.8. The van der Waals surface area contributed by atoms with Crippen molar-refractivity contribution in [3.05, 3.63) is 70.3 Å². The van der Waals surface area contributed by atoms with Gasteiger partial charge in [0.25, 0.3) is 5.91 Å². The lowest BCUT2D eigenvalue weighted by atomic mass is 10.1. The van der Waals surface area contributed by atoms with Crippen LogP contribution in [-0.4, -0.2) is 34.8 Å². The molecule has 3 aromatic rings. The van der Waals surface area contributed by atoms with Crippen molar-refractivity contribution in [3.63, 3.8) is 0 Å². The van der Waals surface area contributed by atoms with E-state index in [1.807, 2.05) is 24.3 Å². The fraction of sp³-hybridized carbons (Fsp3) is 0.105. The summed E-state index contributed by atoms with van der Waals surface area (Å²) in [5.41, 5.74) is 1.89. The molecule has 0 aliphatic carbocycles. The SMILES string of the molecule is O=C(c1ccnc2ccccc12)N1CCN=C1Nc1c(Cl)cccc1Cl. The predicted molar refractivity (Wildman–Crippen MR) is 105 cm³/mol. The topological polar surface area (TPSA) is 57.6 Å². The highest BCUT2D eigenvalue weighted by Gasteiger charge is 2.27. The molecule has 130 valence electrons. The molecule has 1 aromatic heterocycles. The molecule has 2 heterocycles. The molecule has 0 spiro atoms. The van der Waals surface area contributed by atoms with Crippen LogP contribution < -0.4 is 5.32 Å². The largest absolute Gasteiger partial charge is 0.323 e. The van der Waals surface area contributed by atoms with Gasteiger partial charge in [0, 0.05) is 18.1 Å². The Labute approximate surface area is 160 Å². The molecule has 0 atom stereocenters. The molecular weight excluding hydrogens is 371 g/mol. The van der Waals surface area contributed by atoms with Gasteiger partial charge in [0.1, 0.15) is 0 Å². The van der Waals surface area contributed by atoms with Crippen LogP contribution in [0.5, 0.6) is 0 Å². The molecule has 2 aromatic carbocycles. The first-order valence-corrected chi connectivity index (χ1v) is 8.82. The van der Waals surface area contributed by atoms with E-state index >= 15 is 0 Å². The number of halogens is 2. The van der Waals surface area contributed by atoms with E-state index < -0.39 is 0 Å². The molecule has 0 radical (unpaired) electrons. The number of amides is 1. The van der Waals surface area contributed by atoms with Gasteiger partial charge in [-0.05, 0) is 24.3 Å². The zero-order valence-corrected chi connectivity index (χ0v) is 15.1. The van der Waals surface area contributed by atoms with Crippen molar-refractivity contribution in [1.29, 1.82) is 0 Å². The normalized spacial score (nSPS) is 13.8. The Bertz CT molecular complexity index is 1010. The number of hydrogen-bond donors (Lipinski definition) is 1. The lowest BCUT2D eigenvalue weighted by Crippen LogP contribution is -2.38. The third kappa shape index (κ3) is 3.00. The fourth-order valence-corrected chi connectivity index (χ4v) is 3.40. The summed E-state index contributed by atoms with van der Waals surface area (Å²) in [6.45, 7) is 0.999. The van der Waals surface area contributed by atoms with E-state index in [4.69, 9.17) is 23.2 Å². The standard InChI is InChI=1S/C19H14Cl2N4O/c20-14-5-3-6-15(21)17(14)24-19-23-10-11-25(19)18(26)13-8-9-22-16-7-2-1-4-12(13)16/h1-9H,10-11H2,(H,23,24). The highest BCUT2D eigenvalue weighted by molar-refractivity contribution is 6.40. The first-order chi connectivity index (χ1) is 12.6. The fourth-order valence-electron chi connectivity index (χ4n) is 2.91. The van der Waals surface area contributed by atoms with Crippen molar-refractivity contribution in [2.45, 2.75) is 0 Å². The first-order valence-electron chi connectivity index (χ1n) is 8.06. The number of nitrogens with one attached hydrogen (secondary N) is 1. The van der Waals surface area contributed by atoms with E-state index in [0.717, 1.165) is 10.9 Å². The molecule has 0 saturated carbocycles. The number of fused-ring (bicyclic) bond motifs is 1. The smallest absolute Gasteiger partial charge is 0.261 e. The Morgan fingerprint density at radius 2 is 1.81 bits per heavy atom. The van der Waals surface area contributed by atoms with Gasteiger partial charge in [-0.1, -0.05) is 47.5 Å². The third-order valence-electron chi connectivity index (χ3n) is 4.17. The highest BCUT2D eigenvalue weighted by atomic mass is 35.5. The minimum Gasteiger partial charge on any atom is -0.323 e. The molecule has 0 saturated heterocycles. The Kier molecular flexibility index (Phi) is 4.49. The second kappa shape index (κ2) is 6.94. The van der Waals surface area contributed by atoms with Gasteiger partial charge in [0.2, 0.25) is 5.96 Å². The van der Waals surface area contributed by atoms with Gasteiger partial charge in [-0.15, -0.1) is 0 Å². The Morgan fingerprint density at radius 1 is 1.04 bits per heavy atom. The summed E-state index contributed by atoms with van der Waals surface area (Å²) in [6.07, 6.45) is 1.64. The number of para-hydroxylation sites is 2. The molecule has 26 heavy (non-hydrogen) atoms. The van der Waals surface area contributed by atoms with E-state index in [2.05, 4.69) is 15.3 Å². The highest BCUT2D eigenvalue weighted by Crippen LogP contribution is 2.30. The van der Waals surface area contributed by atoms with E-state index in [1.54, 1.807) is 35.4 Å². The number of carbonyl (C=O) groups excluding carboxylic acids is 1. The molecule has 1 amide bonds. The van der Waals surface area contributed by atoms with Crippen molar-refractivity contribution in [1.82, 2.24) is 9.88 Å². The van der Waals surface area contributed by atoms with Crippen LogP contribution in [0.25, 0.3) is 10.9 Å². The molecule has 5 nitrogen and oxygen atoms in total. The minimum absolute atomic E-state index is 0.143. The van der Waals surface area contributed by atoms with Gasteiger partial charge in [0.05, 0.1) is 33.4 Å². The maximum Gasteiger partial charge on any atom is 0.261 e. The maximum absolute atomic E-state index is 13.1.